The van der Waals surface area contributed by atoms with E-state index in [4.69, 9.17) is 5.26 Å². The number of hydrogen-bond acceptors (Lipinski definition) is 2. The molecule has 0 radical (unpaired) electrons. The molecule has 1 fully saturated rings. The Labute approximate surface area is 111 Å². The molecule has 2 rings (SSSR count). The SMILES string of the molecule is Cc1ccc(NC2CCC(C#N)CC2)cc1Br. The van der Waals surface area contributed by atoms with Gasteiger partial charge in [0.2, 0.25) is 0 Å². The minimum absolute atomic E-state index is 0.276. The predicted octanol–water partition coefficient (Wildman–Crippen LogP) is 4.25. The van der Waals surface area contributed by atoms with Gasteiger partial charge in [0.1, 0.15) is 0 Å². The van der Waals surface area contributed by atoms with Gasteiger partial charge in [-0.1, -0.05) is 22.0 Å². The van der Waals surface area contributed by atoms with E-state index in [0.717, 1.165) is 30.2 Å². The molecule has 0 atom stereocenters. The number of nitriles is 1. The molecule has 2 nitrogen and oxygen atoms in total. The highest BCUT2D eigenvalue weighted by molar-refractivity contribution is 9.10. The summed E-state index contributed by atoms with van der Waals surface area (Å²) in [6.45, 7) is 2.09. The standard InChI is InChI=1S/C14H17BrN2/c1-10-2-5-13(8-14(10)15)17-12-6-3-11(9-16)4-7-12/h2,5,8,11-12,17H,3-4,6-7H2,1H3. The molecule has 0 aromatic heterocycles. The van der Waals surface area contributed by atoms with Crippen molar-refractivity contribution in [3.8, 4) is 6.07 Å². The Bertz CT molecular complexity index is 428. The van der Waals surface area contributed by atoms with Crippen LogP contribution in [0, 0.1) is 24.2 Å². The van der Waals surface area contributed by atoms with Crippen LogP contribution in [0.25, 0.3) is 0 Å². The van der Waals surface area contributed by atoms with Gasteiger partial charge in [0, 0.05) is 22.1 Å². The van der Waals surface area contributed by atoms with Crippen molar-refractivity contribution >= 4 is 21.6 Å². The van der Waals surface area contributed by atoms with E-state index in [2.05, 4.69) is 52.4 Å². The Kier molecular flexibility index (Phi) is 4.06. The molecular formula is C14H17BrN2. The van der Waals surface area contributed by atoms with Crippen LogP contribution >= 0.6 is 15.9 Å². The third-order valence-corrected chi connectivity index (χ3v) is 4.31. The van der Waals surface area contributed by atoms with E-state index >= 15 is 0 Å². The zero-order valence-corrected chi connectivity index (χ0v) is 11.6. The maximum atomic E-state index is 8.86. The predicted molar refractivity (Wildman–Crippen MR) is 73.9 cm³/mol. The second-order valence-electron chi connectivity index (χ2n) is 4.79. The van der Waals surface area contributed by atoms with Gasteiger partial charge < -0.3 is 5.32 Å². The van der Waals surface area contributed by atoms with Gasteiger partial charge in [0.05, 0.1) is 6.07 Å². The van der Waals surface area contributed by atoms with Crippen molar-refractivity contribution in [2.75, 3.05) is 5.32 Å². The fourth-order valence-electron chi connectivity index (χ4n) is 2.29. The summed E-state index contributed by atoms with van der Waals surface area (Å²) < 4.78 is 1.15. The maximum absolute atomic E-state index is 8.86. The summed E-state index contributed by atoms with van der Waals surface area (Å²) in [6.07, 6.45) is 4.26. The van der Waals surface area contributed by atoms with Crippen LogP contribution in [-0.2, 0) is 0 Å². The monoisotopic (exact) mass is 292 g/mol. The molecule has 1 aromatic rings. The number of nitrogens with one attached hydrogen (secondary N) is 1. The highest BCUT2D eigenvalue weighted by atomic mass is 79.9. The Morgan fingerprint density at radius 2 is 2.00 bits per heavy atom. The van der Waals surface area contributed by atoms with Crippen LogP contribution < -0.4 is 5.32 Å². The number of benzene rings is 1. The highest BCUT2D eigenvalue weighted by Crippen LogP contribution is 2.27. The minimum Gasteiger partial charge on any atom is -0.382 e. The molecule has 1 N–H and O–H groups in total. The topological polar surface area (TPSA) is 35.8 Å². The summed E-state index contributed by atoms with van der Waals surface area (Å²) >= 11 is 3.55. The molecule has 0 spiro atoms. The third kappa shape index (κ3) is 3.23. The molecule has 1 saturated carbocycles. The van der Waals surface area contributed by atoms with Gasteiger partial charge in [-0.25, -0.2) is 0 Å². The molecular weight excluding hydrogens is 276 g/mol. The largest absolute Gasteiger partial charge is 0.382 e. The van der Waals surface area contributed by atoms with Gasteiger partial charge in [0.25, 0.3) is 0 Å². The van der Waals surface area contributed by atoms with Gasteiger partial charge in [-0.05, 0) is 50.3 Å². The van der Waals surface area contributed by atoms with Crippen LogP contribution in [-0.4, -0.2) is 6.04 Å². The zero-order valence-electron chi connectivity index (χ0n) is 10.0. The van der Waals surface area contributed by atoms with Crippen molar-refractivity contribution in [3.63, 3.8) is 0 Å². The van der Waals surface area contributed by atoms with E-state index < -0.39 is 0 Å². The number of rotatable bonds is 2. The second kappa shape index (κ2) is 5.55. The molecule has 1 aliphatic carbocycles. The van der Waals surface area contributed by atoms with Gasteiger partial charge in [-0.15, -0.1) is 0 Å². The van der Waals surface area contributed by atoms with E-state index in [1.54, 1.807) is 0 Å². The lowest BCUT2D eigenvalue weighted by molar-refractivity contribution is 0.397. The lowest BCUT2D eigenvalue weighted by Crippen LogP contribution is -2.25. The molecule has 0 unspecified atom stereocenters. The van der Waals surface area contributed by atoms with Gasteiger partial charge in [-0.2, -0.15) is 5.26 Å². The summed E-state index contributed by atoms with van der Waals surface area (Å²) in [5.41, 5.74) is 2.42. The lowest BCUT2D eigenvalue weighted by Gasteiger charge is -2.26. The van der Waals surface area contributed by atoms with Gasteiger partial charge >= 0.3 is 0 Å². The fourth-order valence-corrected chi connectivity index (χ4v) is 2.66. The summed E-state index contributed by atoms with van der Waals surface area (Å²) in [7, 11) is 0. The Balaban J connectivity index is 1.93. The van der Waals surface area contributed by atoms with Crippen molar-refractivity contribution in [1.29, 1.82) is 5.26 Å². The van der Waals surface area contributed by atoms with E-state index in [1.165, 1.54) is 11.3 Å². The van der Waals surface area contributed by atoms with Crippen molar-refractivity contribution < 1.29 is 0 Å². The maximum Gasteiger partial charge on any atom is 0.0655 e. The average molecular weight is 293 g/mol. The molecule has 1 aromatic carbocycles. The van der Waals surface area contributed by atoms with Crippen LogP contribution in [0.15, 0.2) is 22.7 Å². The molecule has 17 heavy (non-hydrogen) atoms. The van der Waals surface area contributed by atoms with Gasteiger partial charge in [0.15, 0.2) is 0 Å². The molecule has 0 saturated heterocycles. The Morgan fingerprint density at radius 3 is 2.59 bits per heavy atom. The third-order valence-electron chi connectivity index (χ3n) is 3.45. The number of aryl methyl sites for hydroxylation is 1. The van der Waals surface area contributed by atoms with Gasteiger partial charge in [-0.3, -0.25) is 0 Å². The van der Waals surface area contributed by atoms with Crippen LogP contribution in [0.1, 0.15) is 31.2 Å². The Morgan fingerprint density at radius 1 is 1.29 bits per heavy atom. The highest BCUT2D eigenvalue weighted by Gasteiger charge is 2.20. The molecule has 0 aliphatic heterocycles. The number of hydrogen-bond donors (Lipinski definition) is 1. The molecule has 90 valence electrons. The summed E-state index contributed by atoms with van der Waals surface area (Å²) in [6, 6.07) is 9.26. The van der Waals surface area contributed by atoms with Crippen LogP contribution in [0.2, 0.25) is 0 Å². The van der Waals surface area contributed by atoms with Crippen molar-refractivity contribution in [3.05, 3.63) is 28.2 Å². The number of halogens is 1. The second-order valence-corrected chi connectivity index (χ2v) is 5.64. The number of anilines is 1. The molecule has 0 amide bonds. The van der Waals surface area contributed by atoms with E-state index in [0.29, 0.717) is 6.04 Å². The zero-order chi connectivity index (χ0) is 12.3. The van der Waals surface area contributed by atoms with Crippen LogP contribution in [0.5, 0.6) is 0 Å². The van der Waals surface area contributed by atoms with E-state index in [1.807, 2.05) is 0 Å². The first-order valence-electron chi connectivity index (χ1n) is 6.11. The summed E-state index contributed by atoms with van der Waals surface area (Å²) in [5.74, 6) is 0.276. The first-order valence-corrected chi connectivity index (χ1v) is 6.90. The lowest BCUT2D eigenvalue weighted by atomic mass is 9.87. The Hall–Kier alpha value is -1.01. The normalized spacial score (nSPS) is 24.1. The molecule has 3 heteroatoms. The van der Waals surface area contributed by atoms with Crippen LogP contribution in [0.3, 0.4) is 0 Å². The quantitative estimate of drug-likeness (QED) is 0.884. The van der Waals surface area contributed by atoms with Crippen molar-refractivity contribution in [2.45, 2.75) is 38.6 Å². The minimum atomic E-state index is 0.276. The summed E-state index contributed by atoms with van der Waals surface area (Å²) in [5, 5.41) is 12.4. The fraction of sp³-hybridized carbons (Fsp3) is 0.500. The molecule has 0 bridgehead atoms. The van der Waals surface area contributed by atoms with E-state index in [9.17, 15) is 0 Å². The first-order chi connectivity index (χ1) is 8.19. The molecule has 1 aliphatic rings. The smallest absolute Gasteiger partial charge is 0.0655 e. The molecule has 0 heterocycles. The first kappa shape index (κ1) is 12.4. The number of nitrogens with zero attached hydrogens (tertiary/aromatic N) is 1. The summed E-state index contributed by atoms with van der Waals surface area (Å²) in [4.78, 5) is 0. The van der Waals surface area contributed by atoms with Crippen molar-refractivity contribution in [1.82, 2.24) is 0 Å². The van der Waals surface area contributed by atoms with Crippen molar-refractivity contribution in [2.24, 2.45) is 5.92 Å². The average Bonchev–Trinajstić information content (AvgIpc) is 2.35. The van der Waals surface area contributed by atoms with E-state index in [-0.39, 0.29) is 5.92 Å². The van der Waals surface area contributed by atoms with Crippen LogP contribution in [0.4, 0.5) is 5.69 Å².